The monoisotopic (exact) mass is 180 g/mol. The number of nitrogens with zero attached hydrogens (tertiary/aromatic N) is 1. The van der Waals surface area contributed by atoms with Crippen LogP contribution in [0.5, 0.6) is 0 Å². The first-order chi connectivity index (χ1) is 5.88. The summed E-state index contributed by atoms with van der Waals surface area (Å²) in [6.45, 7) is 3.07. The molecule has 0 bridgehead atoms. The number of nitrogens with one attached hydrogen (secondary N) is 1. The fourth-order valence-electron chi connectivity index (χ4n) is 0.899. The minimum atomic E-state index is 0.0393. The summed E-state index contributed by atoms with van der Waals surface area (Å²) in [5.41, 5.74) is 1.80. The largest absolute Gasteiger partial charge is 0.299 e. The predicted molar refractivity (Wildman–Crippen MR) is 52.0 cm³/mol. The first-order valence-electron chi connectivity index (χ1n) is 3.96. The Hall–Kier alpha value is -0.850. The molecule has 1 rings (SSSR count). The molecule has 1 aromatic rings. The summed E-state index contributed by atoms with van der Waals surface area (Å²) in [7, 11) is 0. The van der Waals surface area contributed by atoms with Gasteiger partial charge in [0.25, 0.3) is 0 Å². The van der Waals surface area contributed by atoms with Crippen molar-refractivity contribution < 1.29 is 0 Å². The van der Waals surface area contributed by atoms with E-state index in [0.29, 0.717) is 0 Å². The molecule has 3 heteroatoms. The molecule has 0 saturated heterocycles. The van der Waals surface area contributed by atoms with Gasteiger partial charge in [-0.2, -0.15) is 0 Å². The van der Waals surface area contributed by atoms with Crippen molar-refractivity contribution in [2.75, 3.05) is 6.54 Å². The van der Waals surface area contributed by atoms with E-state index < -0.39 is 0 Å². The van der Waals surface area contributed by atoms with Crippen molar-refractivity contribution in [2.24, 2.45) is 0 Å². The summed E-state index contributed by atoms with van der Waals surface area (Å²) >= 11 is 1.59. The smallest absolute Gasteiger partial charge is 0.105 e. The van der Waals surface area contributed by atoms with E-state index >= 15 is 0 Å². The van der Waals surface area contributed by atoms with Gasteiger partial charge < -0.3 is 0 Å². The quantitative estimate of drug-likeness (QED) is 0.715. The van der Waals surface area contributed by atoms with Crippen molar-refractivity contribution in [3.8, 4) is 12.3 Å². The van der Waals surface area contributed by atoms with Crippen LogP contribution in [0.2, 0.25) is 0 Å². The van der Waals surface area contributed by atoms with Gasteiger partial charge >= 0.3 is 0 Å². The van der Waals surface area contributed by atoms with Crippen LogP contribution in [0.15, 0.2) is 11.7 Å². The van der Waals surface area contributed by atoms with E-state index in [1.807, 2.05) is 6.20 Å². The van der Waals surface area contributed by atoms with Crippen molar-refractivity contribution in [1.29, 1.82) is 0 Å². The average molecular weight is 180 g/mol. The zero-order chi connectivity index (χ0) is 8.81. The SMILES string of the molecule is C#CC(NCCC)c1cncs1. The van der Waals surface area contributed by atoms with Gasteiger partial charge in [0, 0.05) is 6.20 Å². The highest BCUT2D eigenvalue weighted by atomic mass is 32.1. The van der Waals surface area contributed by atoms with Crippen LogP contribution in [0.3, 0.4) is 0 Å². The Morgan fingerprint density at radius 2 is 2.67 bits per heavy atom. The molecule has 0 fully saturated rings. The molecule has 1 atom stereocenters. The molecule has 64 valence electrons. The van der Waals surface area contributed by atoms with Crippen LogP contribution in [-0.2, 0) is 0 Å². The molecule has 0 aliphatic carbocycles. The molecule has 0 aliphatic heterocycles. The first-order valence-corrected chi connectivity index (χ1v) is 4.84. The molecule has 1 N–H and O–H groups in total. The van der Waals surface area contributed by atoms with Crippen LogP contribution in [0.4, 0.5) is 0 Å². The van der Waals surface area contributed by atoms with Crippen molar-refractivity contribution in [1.82, 2.24) is 10.3 Å². The van der Waals surface area contributed by atoms with Gasteiger partial charge in [0.05, 0.1) is 10.4 Å². The fourth-order valence-corrected chi connectivity index (χ4v) is 1.55. The van der Waals surface area contributed by atoms with Crippen LogP contribution < -0.4 is 5.32 Å². The van der Waals surface area contributed by atoms with Crippen LogP contribution >= 0.6 is 11.3 Å². The van der Waals surface area contributed by atoms with Gasteiger partial charge in [-0.25, -0.2) is 0 Å². The van der Waals surface area contributed by atoms with Gasteiger partial charge in [-0.05, 0) is 13.0 Å². The summed E-state index contributed by atoms with van der Waals surface area (Å²) in [4.78, 5) is 5.10. The zero-order valence-electron chi connectivity index (χ0n) is 7.08. The summed E-state index contributed by atoms with van der Waals surface area (Å²) < 4.78 is 0. The number of terminal acetylenes is 1. The third kappa shape index (κ3) is 2.33. The van der Waals surface area contributed by atoms with Gasteiger partial charge in [-0.1, -0.05) is 12.8 Å². The summed E-state index contributed by atoms with van der Waals surface area (Å²) in [6, 6.07) is 0.0393. The Labute approximate surface area is 77.0 Å². The Bertz CT molecular complexity index is 248. The van der Waals surface area contributed by atoms with Crippen molar-refractivity contribution in [2.45, 2.75) is 19.4 Å². The Kier molecular flexibility index (Phi) is 3.78. The van der Waals surface area contributed by atoms with Gasteiger partial charge in [-0.3, -0.25) is 10.3 Å². The highest BCUT2D eigenvalue weighted by Crippen LogP contribution is 2.15. The van der Waals surface area contributed by atoms with Crippen LogP contribution in [-0.4, -0.2) is 11.5 Å². The summed E-state index contributed by atoms with van der Waals surface area (Å²) in [5, 5.41) is 3.26. The molecule has 0 aliphatic rings. The van der Waals surface area contributed by atoms with Gasteiger partial charge in [-0.15, -0.1) is 17.8 Å². The standard InChI is InChI=1S/C9H12N2S/c1-3-5-11-8(4-2)9-6-10-7-12-9/h2,6-8,11H,3,5H2,1H3. The van der Waals surface area contributed by atoms with E-state index in [2.05, 4.69) is 23.1 Å². The van der Waals surface area contributed by atoms with Gasteiger partial charge in [0.1, 0.15) is 6.04 Å². The molecule has 0 spiro atoms. The highest BCUT2D eigenvalue weighted by molar-refractivity contribution is 7.09. The van der Waals surface area contributed by atoms with Crippen molar-refractivity contribution >= 4 is 11.3 Å². The third-order valence-corrected chi connectivity index (χ3v) is 2.34. The predicted octanol–water partition coefficient (Wildman–Crippen LogP) is 1.82. The molecular formula is C9H12N2S. The normalized spacial score (nSPS) is 12.3. The summed E-state index contributed by atoms with van der Waals surface area (Å²) in [5.74, 6) is 2.70. The maximum Gasteiger partial charge on any atom is 0.105 e. The molecule has 1 aromatic heterocycles. The fraction of sp³-hybridized carbons (Fsp3) is 0.444. The topological polar surface area (TPSA) is 24.9 Å². The van der Waals surface area contributed by atoms with E-state index in [1.165, 1.54) is 0 Å². The number of thiazole rings is 1. The van der Waals surface area contributed by atoms with Crippen LogP contribution in [0.25, 0.3) is 0 Å². The molecule has 0 amide bonds. The van der Waals surface area contributed by atoms with E-state index in [9.17, 15) is 0 Å². The molecule has 0 saturated carbocycles. The number of aromatic nitrogens is 1. The molecule has 1 heterocycles. The first kappa shape index (κ1) is 9.24. The Balaban J connectivity index is 2.53. The minimum absolute atomic E-state index is 0.0393. The zero-order valence-corrected chi connectivity index (χ0v) is 7.90. The van der Waals surface area contributed by atoms with Gasteiger partial charge in [0.2, 0.25) is 0 Å². The lowest BCUT2D eigenvalue weighted by atomic mass is 10.2. The molecule has 1 unspecified atom stereocenters. The number of rotatable bonds is 4. The Morgan fingerprint density at radius 1 is 1.83 bits per heavy atom. The number of hydrogen-bond donors (Lipinski definition) is 1. The maximum atomic E-state index is 5.37. The molecule has 12 heavy (non-hydrogen) atoms. The second-order valence-corrected chi connectivity index (χ2v) is 3.38. The minimum Gasteiger partial charge on any atom is -0.299 e. The summed E-state index contributed by atoms with van der Waals surface area (Å²) in [6.07, 6.45) is 8.28. The lowest BCUT2D eigenvalue weighted by Gasteiger charge is -2.08. The van der Waals surface area contributed by atoms with Crippen molar-refractivity contribution in [3.05, 3.63) is 16.6 Å². The molecule has 0 aromatic carbocycles. The second kappa shape index (κ2) is 4.91. The van der Waals surface area contributed by atoms with Crippen molar-refractivity contribution in [3.63, 3.8) is 0 Å². The van der Waals surface area contributed by atoms with E-state index in [4.69, 9.17) is 6.42 Å². The third-order valence-electron chi connectivity index (χ3n) is 1.50. The second-order valence-electron chi connectivity index (χ2n) is 2.46. The lowest BCUT2D eigenvalue weighted by molar-refractivity contribution is 0.633. The number of hydrogen-bond acceptors (Lipinski definition) is 3. The van der Waals surface area contributed by atoms with E-state index in [0.717, 1.165) is 17.8 Å². The van der Waals surface area contributed by atoms with E-state index in [-0.39, 0.29) is 6.04 Å². The van der Waals surface area contributed by atoms with Gasteiger partial charge in [0.15, 0.2) is 0 Å². The van der Waals surface area contributed by atoms with Crippen LogP contribution in [0.1, 0.15) is 24.3 Å². The Morgan fingerprint density at radius 3 is 3.17 bits per heavy atom. The maximum absolute atomic E-state index is 5.37. The molecule has 2 nitrogen and oxygen atoms in total. The molecular weight excluding hydrogens is 168 g/mol. The van der Waals surface area contributed by atoms with E-state index in [1.54, 1.807) is 16.8 Å². The highest BCUT2D eigenvalue weighted by Gasteiger charge is 2.07. The average Bonchev–Trinajstić information content (AvgIpc) is 2.59. The molecule has 0 radical (unpaired) electrons. The van der Waals surface area contributed by atoms with Crippen LogP contribution in [0, 0.1) is 12.3 Å². The lowest BCUT2D eigenvalue weighted by Crippen LogP contribution is -2.19.